The van der Waals surface area contributed by atoms with Crippen LogP contribution in [0.5, 0.6) is 0 Å². The Morgan fingerprint density at radius 3 is 2.76 bits per heavy atom. The summed E-state index contributed by atoms with van der Waals surface area (Å²) in [5, 5.41) is 0. The molecule has 4 rings (SSSR count). The van der Waals surface area contributed by atoms with Crippen molar-refractivity contribution < 1.29 is 9.47 Å². The van der Waals surface area contributed by atoms with Crippen LogP contribution < -0.4 is 5.73 Å². The van der Waals surface area contributed by atoms with Crippen LogP contribution in [0.15, 0.2) is 6.20 Å². The van der Waals surface area contributed by atoms with Crippen molar-refractivity contribution in [1.82, 2.24) is 9.97 Å². The molecular weight excluding hydrogens is 218 g/mol. The summed E-state index contributed by atoms with van der Waals surface area (Å²) < 4.78 is 12.0. The van der Waals surface area contributed by atoms with E-state index < -0.39 is 5.79 Å². The first-order valence-corrected chi connectivity index (χ1v) is 6.03. The van der Waals surface area contributed by atoms with Crippen molar-refractivity contribution >= 4 is 5.95 Å². The fourth-order valence-corrected chi connectivity index (χ4v) is 3.55. The van der Waals surface area contributed by atoms with Crippen molar-refractivity contribution in [1.29, 1.82) is 0 Å². The van der Waals surface area contributed by atoms with E-state index in [1.807, 2.05) is 20.0 Å². The smallest absolute Gasteiger partial charge is 0.220 e. The van der Waals surface area contributed by atoms with Crippen LogP contribution in [-0.2, 0) is 9.47 Å². The zero-order valence-electron chi connectivity index (χ0n) is 9.88. The van der Waals surface area contributed by atoms with E-state index in [4.69, 9.17) is 15.2 Å². The summed E-state index contributed by atoms with van der Waals surface area (Å²) in [5.74, 6) is 0.577. The van der Waals surface area contributed by atoms with Crippen molar-refractivity contribution in [3.63, 3.8) is 0 Å². The lowest BCUT2D eigenvalue weighted by Gasteiger charge is -2.23. The zero-order chi connectivity index (χ0) is 11.8. The quantitative estimate of drug-likeness (QED) is 0.728. The molecule has 0 amide bonds. The molecule has 2 heterocycles. The molecule has 1 aromatic rings. The molecule has 0 unspecified atom stereocenters. The predicted octanol–water partition coefficient (Wildman–Crippen LogP) is 1.16. The summed E-state index contributed by atoms with van der Waals surface area (Å²) in [7, 11) is 0. The molecule has 17 heavy (non-hydrogen) atoms. The van der Waals surface area contributed by atoms with Gasteiger partial charge in [0, 0.05) is 18.0 Å². The van der Waals surface area contributed by atoms with Gasteiger partial charge in [-0.1, -0.05) is 0 Å². The van der Waals surface area contributed by atoms with E-state index in [-0.39, 0.29) is 12.2 Å². The number of aromatic nitrogens is 2. The standard InChI is InChI=1S/C12H15N3O2/c1-12(2)16-9-5-3-6(10(9)17-12)8-7(5)4-14-11(13)15-8/h4-6,9-10H,3H2,1-2H3,(H2,13,14,15)/t5-,6+,9-,10+/m1/s1. The van der Waals surface area contributed by atoms with E-state index in [2.05, 4.69) is 9.97 Å². The van der Waals surface area contributed by atoms with Crippen molar-refractivity contribution in [2.24, 2.45) is 0 Å². The van der Waals surface area contributed by atoms with Gasteiger partial charge in [0.1, 0.15) is 0 Å². The molecule has 2 aliphatic carbocycles. The van der Waals surface area contributed by atoms with Gasteiger partial charge in [-0.3, -0.25) is 0 Å². The minimum atomic E-state index is -0.479. The fourth-order valence-electron chi connectivity index (χ4n) is 3.55. The third-order valence-electron chi connectivity index (χ3n) is 4.08. The van der Waals surface area contributed by atoms with Crippen molar-refractivity contribution in [3.05, 3.63) is 17.5 Å². The predicted molar refractivity (Wildman–Crippen MR) is 60.4 cm³/mol. The Labute approximate surface area is 99.3 Å². The van der Waals surface area contributed by atoms with E-state index in [1.165, 1.54) is 5.56 Å². The Morgan fingerprint density at radius 1 is 1.29 bits per heavy atom. The Balaban J connectivity index is 1.80. The normalized spacial score (nSPS) is 40.4. The maximum atomic E-state index is 5.98. The summed E-state index contributed by atoms with van der Waals surface area (Å²) in [6, 6.07) is 0. The highest BCUT2D eigenvalue weighted by Crippen LogP contribution is 2.58. The van der Waals surface area contributed by atoms with Gasteiger partial charge < -0.3 is 15.2 Å². The SMILES string of the molecule is CC1(C)O[C@@H]2[C@H](O1)[C@@H]1C[C@H]2c2nc(N)ncc21. The number of hydrogen-bond donors (Lipinski definition) is 1. The summed E-state index contributed by atoms with van der Waals surface area (Å²) in [6.45, 7) is 3.94. The molecule has 2 N–H and O–H groups in total. The van der Waals surface area contributed by atoms with Crippen LogP contribution in [0, 0.1) is 0 Å². The van der Waals surface area contributed by atoms with Gasteiger partial charge >= 0.3 is 0 Å². The lowest BCUT2D eigenvalue weighted by Crippen LogP contribution is -2.29. The van der Waals surface area contributed by atoms with Crippen LogP contribution >= 0.6 is 0 Å². The van der Waals surface area contributed by atoms with Crippen LogP contribution in [-0.4, -0.2) is 28.0 Å². The van der Waals surface area contributed by atoms with Gasteiger partial charge in [0.25, 0.3) is 0 Å². The van der Waals surface area contributed by atoms with Crippen LogP contribution in [0.1, 0.15) is 43.4 Å². The number of nitrogen functional groups attached to an aromatic ring is 1. The maximum Gasteiger partial charge on any atom is 0.220 e. The van der Waals surface area contributed by atoms with Crippen LogP contribution in [0.2, 0.25) is 0 Å². The third-order valence-corrected chi connectivity index (χ3v) is 4.08. The number of anilines is 1. The van der Waals surface area contributed by atoms with Crippen molar-refractivity contribution in [2.45, 2.75) is 50.1 Å². The minimum absolute atomic E-state index is 0.136. The van der Waals surface area contributed by atoms with Gasteiger partial charge in [-0.15, -0.1) is 0 Å². The fraction of sp³-hybridized carbons (Fsp3) is 0.667. The van der Waals surface area contributed by atoms with E-state index in [1.54, 1.807) is 0 Å². The number of fused-ring (bicyclic) bond motifs is 8. The first kappa shape index (κ1) is 9.79. The number of ether oxygens (including phenoxy) is 2. The van der Waals surface area contributed by atoms with E-state index in [0.29, 0.717) is 17.8 Å². The minimum Gasteiger partial charge on any atom is -0.368 e. The molecule has 4 atom stereocenters. The molecule has 0 aromatic carbocycles. The molecule has 90 valence electrons. The van der Waals surface area contributed by atoms with Gasteiger partial charge in [-0.05, 0) is 25.8 Å². The topological polar surface area (TPSA) is 70.3 Å². The zero-order valence-corrected chi connectivity index (χ0v) is 9.88. The average molecular weight is 233 g/mol. The highest BCUT2D eigenvalue weighted by atomic mass is 16.8. The Bertz CT molecular complexity index is 503. The van der Waals surface area contributed by atoms with Crippen LogP contribution in [0.4, 0.5) is 5.95 Å². The van der Waals surface area contributed by atoms with Crippen molar-refractivity contribution in [3.8, 4) is 0 Å². The summed E-state index contributed by atoms with van der Waals surface area (Å²) in [4.78, 5) is 8.47. The summed E-state index contributed by atoms with van der Waals surface area (Å²) >= 11 is 0. The molecular formula is C12H15N3O2. The second kappa shape index (κ2) is 2.79. The largest absolute Gasteiger partial charge is 0.368 e. The summed E-state index contributed by atoms with van der Waals surface area (Å²) in [6.07, 6.45) is 3.21. The molecule has 5 nitrogen and oxygen atoms in total. The monoisotopic (exact) mass is 233 g/mol. The van der Waals surface area contributed by atoms with Crippen molar-refractivity contribution in [2.75, 3.05) is 5.73 Å². The molecule has 3 aliphatic rings. The van der Waals surface area contributed by atoms with Gasteiger partial charge in [-0.25, -0.2) is 9.97 Å². The maximum absolute atomic E-state index is 5.98. The molecule has 0 spiro atoms. The molecule has 2 bridgehead atoms. The molecule has 5 heteroatoms. The lowest BCUT2D eigenvalue weighted by atomic mass is 9.92. The van der Waals surface area contributed by atoms with E-state index >= 15 is 0 Å². The second-order valence-corrected chi connectivity index (χ2v) is 5.58. The van der Waals surface area contributed by atoms with E-state index in [9.17, 15) is 0 Å². The lowest BCUT2D eigenvalue weighted by molar-refractivity contribution is -0.153. The molecule has 1 saturated heterocycles. The highest BCUT2D eigenvalue weighted by molar-refractivity contribution is 5.42. The van der Waals surface area contributed by atoms with E-state index in [0.717, 1.165) is 12.1 Å². The Hall–Kier alpha value is -1.20. The number of nitrogens with two attached hydrogens (primary N) is 1. The third kappa shape index (κ3) is 1.16. The number of rotatable bonds is 0. The molecule has 1 saturated carbocycles. The highest BCUT2D eigenvalue weighted by Gasteiger charge is 2.59. The van der Waals surface area contributed by atoms with Crippen LogP contribution in [0.3, 0.4) is 0 Å². The van der Waals surface area contributed by atoms with Gasteiger partial charge in [-0.2, -0.15) is 0 Å². The van der Waals surface area contributed by atoms with Gasteiger partial charge in [0.15, 0.2) is 5.79 Å². The first-order chi connectivity index (χ1) is 8.05. The number of nitrogens with zero attached hydrogens (tertiary/aromatic N) is 2. The molecule has 1 aliphatic heterocycles. The molecule has 2 fully saturated rings. The average Bonchev–Trinajstić information content (AvgIpc) is 2.83. The second-order valence-electron chi connectivity index (χ2n) is 5.58. The van der Waals surface area contributed by atoms with Crippen LogP contribution in [0.25, 0.3) is 0 Å². The molecule has 1 aromatic heterocycles. The van der Waals surface area contributed by atoms with Gasteiger partial charge in [0.05, 0.1) is 17.9 Å². The first-order valence-electron chi connectivity index (χ1n) is 6.03. The molecule has 0 radical (unpaired) electrons. The van der Waals surface area contributed by atoms with Gasteiger partial charge in [0.2, 0.25) is 5.95 Å². The Kier molecular flexibility index (Phi) is 1.61. The Morgan fingerprint density at radius 2 is 2.00 bits per heavy atom. The summed E-state index contributed by atoms with van der Waals surface area (Å²) in [5.41, 5.74) is 7.93. The number of hydrogen-bond acceptors (Lipinski definition) is 5.